The topological polar surface area (TPSA) is 154 Å². The van der Waals surface area contributed by atoms with Crippen LogP contribution in [-0.4, -0.2) is 76.9 Å². The van der Waals surface area contributed by atoms with Crippen LogP contribution in [0.25, 0.3) is 0 Å². The van der Waals surface area contributed by atoms with Gasteiger partial charge in [0.15, 0.2) is 6.29 Å². The van der Waals surface area contributed by atoms with Crippen LogP contribution in [0, 0.1) is 5.41 Å². The van der Waals surface area contributed by atoms with Gasteiger partial charge in [0.2, 0.25) is 16.5 Å². The first-order chi connectivity index (χ1) is 19.3. The van der Waals surface area contributed by atoms with Gasteiger partial charge in [-0.3, -0.25) is 14.4 Å². The average molecular weight is 798 g/mol. The van der Waals surface area contributed by atoms with Crippen LogP contribution in [0.3, 0.4) is 0 Å². The second-order valence-electron chi connectivity index (χ2n) is 10.9. The molecule has 250 valence electrons. The molecule has 0 aliphatic rings. The van der Waals surface area contributed by atoms with Gasteiger partial charge >= 0.3 is 0 Å². The van der Waals surface area contributed by atoms with Crippen molar-refractivity contribution in [2.75, 3.05) is 32.8 Å². The SMILES string of the molecule is CC(C)(Br)C(=O)Br.CC(C)(Br)C(=O)NCCCC=O.CC(C)(C)C(=O)NCCCC=O.CCOC(CCCN)OCC. The van der Waals surface area contributed by atoms with Crippen molar-refractivity contribution >= 4 is 76.9 Å². The van der Waals surface area contributed by atoms with E-state index in [2.05, 4.69) is 58.4 Å². The first kappa shape index (κ1) is 48.2. The Morgan fingerprint density at radius 3 is 1.40 bits per heavy atom. The molecule has 0 spiro atoms. The predicted octanol–water partition coefficient (Wildman–Crippen LogP) is 5.59. The van der Waals surface area contributed by atoms with E-state index in [9.17, 15) is 24.0 Å². The van der Waals surface area contributed by atoms with Crippen molar-refractivity contribution in [1.82, 2.24) is 10.6 Å². The fraction of sp³-hybridized carbons (Fsp3) is 0.828. The van der Waals surface area contributed by atoms with Crippen molar-refractivity contribution in [2.45, 2.75) is 116 Å². The average Bonchev–Trinajstić information content (AvgIpc) is 2.87. The van der Waals surface area contributed by atoms with Crippen molar-refractivity contribution in [3.05, 3.63) is 0 Å². The molecule has 0 fully saturated rings. The molecule has 0 bridgehead atoms. The third kappa shape index (κ3) is 37.3. The van der Waals surface area contributed by atoms with Gasteiger partial charge < -0.3 is 35.4 Å². The predicted molar refractivity (Wildman–Crippen MR) is 181 cm³/mol. The summed E-state index contributed by atoms with van der Waals surface area (Å²) < 4.78 is 9.66. The van der Waals surface area contributed by atoms with Gasteiger partial charge in [-0.05, 0) is 89.7 Å². The Labute approximate surface area is 279 Å². The van der Waals surface area contributed by atoms with Crippen LogP contribution < -0.4 is 16.4 Å². The number of carbonyl (C=O) groups is 5. The fourth-order valence-electron chi connectivity index (χ4n) is 2.12. The minimum atomic E-state index is -0.520. The first-order valence-electron chi connectivity index (χ1n) is 14.2. The van der Waals surface area contributed by atoms with Crippen LogP contribution in [0.2, 0.25) is 0 Å². The van der Waals surface area contributed by atoms with E-state index < -0.39 is 8.65 Å². The van der Waals surface area contributed by atoms with Crippen molar-refractivity contribution in [1.29, 1.82) is 0 Å². The molecule has 0 aromatic heterocycles. The quantitative estimate of drug-likeness (QED) is 0.0567. The van der Waals surface area contributed by atoms with Gasteiger partial charge in [0.05, 0.1) is 8.65 Å². The summed E-state index contributed by atoms with van der Waals surface area (Å²) in [7, 11) is 0. The van der Waals surface area contributed by atoms with Gasteiger partial charge in [0, 0.05) is 44.6 Å². The molecular formula is C29H56Br3N3O7. The third-order valence-corrected chi connectivity index (χ3v) is 6.85. The molecule has 0 saturated carbocycles. The zero-order valence-corrected chi connectivity index (χ0v) is 31.8. The summed E-state index contributed by atoms with van der Waals surface area (Å²) in [6, 6.07) is 0. The van der Waals surface area contributed by atoms with Gasteiger partial charge in [-0.1, -0.05) is 52.6 Å². The first-order valence-corrected chi connectivity index (χ1v) is 16.6. The van der Waals surface area contributed by atoms with Gasteiger partial charge in [-0.15, -0.1) is 0 Å². The number of carbonyl (C=O) groups excluding carboxylic acids is 5. The van der Waals surface area contributed by atoms with E-state index in [0.29, 0.717) is 52.1 Å². The Hall–Kier alpha value is -0.730. The normalized spacial score (nSPS) is 11.0. The molecule has 0 saturated heterocycles. The summed E-state index contributed by atoms with van der Waals surface area (Å²) in [5.41, 5.74) is 5.03. The maximum Gasteiger partial charge on any atom is 0.236 e. The van der Waals surface area contributed by atoms with Crippen molar-refractivity contribution in [3.63, 3.8) is 0 Å². The molecule has 0 aromatic rings. The van der Waals surface area contributed by atoms with Crippen LogP contribution in [0.4, 0.5) is 0 Å². The number of hydrogen-bond acceptors (Lipinski definition) is 8. The van der Waals surface area contributed by atoms with Gasteiger partial charge in [-0.25, -0.2) is 0 Å². The van der Waals surface area contributed by atoms with Gasteiger partial charge in [0.1, 0.15) is 12.6 Å². The van der Waals surface area contributed by atoms with Crippen molar-refractivity contribution < 1.29 is 33.4 Å². The number of amides is 2. The van der Waals surface area contributed by atoms with E-state index in [1.807, 2.05) is 34.6 Å². The molecule has 0 atom stereocenters. The Morgan fingerprint density at radius 1 is 0.762 bits per heavy atom. The maximum absolute atomic E-state index is 11.2. The van der Waals surface area contributed by atoms with Crippen LogP contribution in [-0.2, 0) is 33.4 Å². The zero-order valence-electron chi connectivity index (χ0n) is 27.1. The molecule has 4 N–H and O–H groups in total. The summed E-state index contributed by atoms with van der Waals surface area (Å²) in [5, 5.41) is 5.47. The second kappa shape index (κ2) is 29.0. The number of nitrogens with two attached hydrogens (primary N) is 1. The van der Waals surface area contributed by atoms with E-state index in [0.717, 1.165) is 31.8 Å². The summed E-state index contributed by atoms with van der Waals surface area (Å²) in [6.45, 7) is 19.9. The van der Waals surface area contributed by atoms with Crippen molar-refractivity contribution in [2.24, 2.45) is 11.1 Å². The highest BCUT2D eigenvalue weighted by molar-refractivity contribution is 9.20. The Morgan fingerprint density at radius 2 is 1.14 bits per heavy atom. The molecule has 0 heterocycles. The Kier molecular flexibility index (Phi) is 33.3. The van der Waals surface area contributed by atoms with Crippen molar-refractivity contribution in [3.8, 4) is 0 Å². The second-order valence-corrected chi connectivity index (χ2v) is 15.6. The van der Waals surface area contributed by atoms with Gasteiger partial charge in [0.25, 0.3) is 0 Å². The molecular weight excluding hydrogens is 742 g/mol. The number of alkyl halides is 2. The minimum Gasteiger partial charge on any atom is -0.356 e. The van der Waals surface area contributed by atoms with E-state index in [4.69, 9.17) is 15.2 Å². The minimum absolute atomic E-state index is 0.0278. The maximum atomic E-state index is 11.2. The molecule has 0 unspecified atom stereocenters. The number of rotatable bonds is 17. The van der Waals surface area contributed by atoms with Crippen LogP contribution in [0.5, 0.6) is 0 Å². The lowest BCUT2D eigenvalue weighted by atomic mass is 9.96. The number of hydrogen-bond donors (Lipinski definition) is 3. The molecule has 0 aromatic carbocycles. The summed E-state index contributed by atoms with van der Waals surface area (Å²) in [5.74, 6) is -0.0122. The van der Waals surface area contributed by atoms with E-state index in [1.54, 1.807) is 27.7 Å². The molecule has 0 radical (unpaired) electrons. The molecule has 0 rings (SSSR count). The highest BCUT2D eigenvalue weighted by Crippen LogP contribution is 2.19. The Bertz CT molecular complexity index is 677. The Balaban J connectivity index is -0.000000233. The highest BCUT2D eigenvalue weighted by Gasteiger charge is 2.22. The summed E-state index contributed by atoms with van der Waals surface area (Å²) in [6.07, 6.45) is 5.99. The number of ether oxygens (including phenoxy) is 2. The van der Waals surface area contributed by atoms with E-state index in [-0.39, 0.29) is 28.2 Å². The van der Waals surface area contributed by atoms with Crippen LogP contribution >= 0.6 is 47.8 Å². The number of unbranched alkanes of at least 4 members (excludes halogenated alkanes) is 2. The zero-order chi connectivity index (χ0) is 33.8. The lowest BCUT2D eigenvalue weighted by Crippen LogP contribution is -2.37. The number of aldehydes is 2. The highest BCUT2D eigenvalue weighted by atomic mass is 79.9. The molecule has 0 aliphatic heterocycles. The molecule has 2 amide bonds. The lowest BCUT2D eigenvalue weighted by molar-refractivity contribution is -0.139. The van der Waals surface area contributed by atoms with E-state index in [1.165, 1.54) is 0 Å². The van der Waals surface area contributed by atoms with Crippen LogP contribution in [0.15, 0.2) is 0 Å². The largest absolute Gasteiger partial charge is 0.356 e. The van der Waals surface area contributed by atoms with Gasteiger partial charge in [-0.2, -0.15) is 0 Å². The molecule has 0 aliphatic carbocycles. The standard InChI is InChI=1S/C9H17NO2.C8H14BrNO2.C8H19NO2.C4H6Br2O/c1-9(2,3)8(12)10-6-4-5-7-11;1-8(2,9)7(12)10-5-3-4-6-11;1-3-10-8(11-4-2)6-5-7-9;1-4(2,6)3(5)7/h7H,4-6H2,1-3H3,(H,10,12);6H,3-5H2,1-2H3,(H,10,12);8H,3-7,9H2,1-2H3;1-2H3. The molecule has 13 heteroatoms. The summed E-state index contributed by atoms with van der Waals surface area (Å²) >= 11 is 9.19. The monoisotopic (exact) mass is 795 g/mol. The third-order valence-electron chi connectivity index (χ3n) is 4.61. The van der Waals surface area contributed by atoms with Crippen LogP contribution in [0.1, 0.15) is 101 Å². The number of halogens is 3. The smallest absolute Gasteiger partial charge is 0.236 e. The lowest BCUT2D eigenvalue weighted by Gasteiger charge is -2.17. The summed E-state index contributed by atoms with van der Waals surface area (Å²) in [4.78, 5) is 52.6. The fourth-order valence-corrected chi connectivity index (χ4v) is 2.26. The molecule has 42 heavy (non-hydrogen) atoms. The molecule has 10 nitrogen and oxygen atoms in total. The van der Waals surface area contributed by atoms with E-state index >= 15 is 0 Å². The number of nitrogens with one attached hydrogen (secondary N) is 2.